The minimum absolute atomic E-state index is 0.0389. The summed E-state index contributed by atoms with van der Waals surface area (Å²) < 4.78 is 30.8. The van der Waals surface area contributed by atoms with Gasteiger partial charge in [0.05, 0.1) is 18.4 Å². The number of likely N-dealkylation sites (tertiary alicyclic amines) is 1. The maximum Gasteiger partial charge on any atom is 0.251 e. The molecule has 1 saturated heterocycles. The summed E-state index contributed by atoms with van der Waals surface area (Å²) in [5, 5.41) is 2.99. The summed E-state index contributed by atoms with van der Waals surface area (Å²) in [5.41, 5.74) is 1.26. The molecule has 2 aromatic rings. The molecule has 2 aromatic carbocycles. The number of carbonyl (C=O) groups is 2. The van der Waals surface area contributed by atoms with E-state index in [0.717, 1.165) is 9.87 Å². The predicted octanol–water partition coefficient (Wildman–Crippen LogP) is 1.91. The number of hydrogen-bond acceptors (Lipinski definition) is 5. The Labute approximate surface area is 189 Å². The van der Waals surface area contributed by atoms with Crippen LogP contribution in [0.25, 0.3) is 0 Å². The minimum Gasteiger partial charge on any atom is -0.496 e. The molecule has 32 heavy (non-hydrogen) atoms. The molecule has 9 heteroatoms. The summed E-state index contributed by atoms with van der Waals surface area (Å²) in [6.07, 6.45) is 1.61. The van der Waals surface area contributed by atoms with Gasteiger partial charge in [0.15, 0.2) is 0 Å². The van der Waals surface area contributed by atoms with Gasteiger partial charge < -0.3 is 15.0 Å². The van der Waals surface area contributed by atoms with Crippen LogP contribution in [-0.2, 0) is 21.2 Å². The van der Waals surface area contributed by atoms with Gasteiger partial charge in [-0.2, -0.15) is 0 Å². The normalized spacial score (nSPS) is 14.9. The van der Waals surface area contributed by atoms with Gasteiger partial charge in [0.25, 0.3) is 5.91 Å². The van der Waals surface area contributed by atoms with Gasteiger partial charge in [-0.05, 0) is 43.2 Å². The van der Waals surface area contributed by atoms with Crippen LogP contribution in [0.1, 0.15) is 28.8 Å². The fourth-order valence-corrected chi connectivity index (χ4v) is 4.56. The number of rotatable bonds is 7. The molecule has 1 aliphatic rings. The Morgan fingerprint density at radius 3 is 2.28 bits per heavy atom. The summed E-state index contributed by atoms with van der Waals surface area (Å²) in [6, 6.07) is 13.3. The third kappa shape index (κ3) is 5.46. The Bertz CT molecular complexity index is 1060. The van der Waals surface area contributed by atoms with Gasteiger partial charge in [-0.25, -0.2) is 12.7 Å². The smallest absolute Gasteiger partial charge is 0.251 e. The quantitative estimate of drug-likeness (QED) is 0.682. The molecule has 2 amide bonds. The minimum atomic E-state index is -3.53. The average molecular weight is 460 g/mol. The molecule has 0 atom stereocenters. The molecule has 0 aliphatic carbocycles. The topological polar surface area (TPSA) is 96.0 Å². The molecule has 172 valence electrons. The highest BCUT2D eigenvalue weighted by atomic mass is 32.2. The molecular weight excluding hydrogens is 430 g/mol. The number of ether oxygens (including phenoxy) is 1. The van der Waals surface area contributed by atoms with Gasteiger partial charge in [-0.15, -0.1) is 0 Å². The average Bonchev–Trinajstić information content (AvgIpc) is 2.79. The SMILES string of the molecule is COc1ccccc1CC(=O)N1CCC(NC(=O)c2ccc(S(=O)(=O)N(C)C)cc2)CC1. The molecule has 0 saturated carbocycles. The lowest BCUT2D eigenvalue weighted by Gasteiger charge is -2.32. The first-order valence-electron chi connectivity index (χ1n) is 10.5. The van der Waals surface area contributed by atoms with E-state index in [9.17, 15) is 18.0 Å². The zero-order valence-corrected chi connectivity index (χ0v) is 19.4. The monoisotopic (exact) mass is 459 g/mol. The highest BCUT2D eigenvalue weighted by Crippen LogP contribution is 2.20. The number of nitrogens with one attached hydrogen (secondary N) is 1. The fourth-order valence-electron chi connectivity index (χ4n) is 3.65. The zero-order chi connectivity index (χ0) is 23.3. The highest BCUT2D eigenvalue weighted by molar-refractivity contribution is 7.89. The largest absolute Gasteiger partial charge is 0.496 e. The second-order valence-corrected chi connectivity index (χ2v) is 10.1. The van der Waals surface area contributed by atoms with Crippen LogP contribution in [-0.4, -0.2) is 69.8 Å². The lowest BCUT2D eigenvalue weighted by Crippen LogP contribution is -2.47. The molecule has 0 radical (unpaired) electrons. The molecule has 8 nitrogen and oxygen atoms in total. The van der Waals surface area contributed by atoms with Gasteiger partial charge in [0, 0.05) is 44.4 Å². The zero-order valence-electron chi connectivity index (χ0n) is 18.6. The van der Waals surface area contributed by atoms with Crippen LogP contribution in [0.5, 0.6) is 5.75 Å². The third-order valence-electron chi connectivity index (χ3n) is 5.61. The standard InChI is InChI=1S/C23H29N3O5S/c1-25(2)32(29,30)20-10-8-17(9-11-20)23(28)24-19-12-14-26(15-13-19)22(27)16-18-6-4-5-7-21(18)31-3/h4-11,19H,12-16H2,1-3H3,(H,24,28). The van der Waals surface area contributed by atoms with E-state index < -0.39 is 10.0 Å². The number of hydrogen-bond donors (Lipinski definition) is 1. The maximum atomic E-state index is 12.7. The molecule has 1 heterocycles. The van der Waals surface area contributed by atoms with E-state index in [4.69, 9.17) is 4.74 Å². The summed E-state index contributed by atoms with van der Waals surface area (Å²) in [5.74, 6) is 0.488. The van der Waals surface area contributed by atoms with Crippen molar-refractivity contribution in [3.05, 3.63) is 59.7 Å². The van der Waals surface area contributed by atoms with Gasteiger partial charge >= 0.3 is 0 Å². The van der Waals surface area contributed by atoms with E-state index in [-0.39, 0.29) is 29.2 Å². The Morgan fingerprint density at radius 1 is 1.06 bits per heavy atom. The number of piperidine rings is 1. The van der Waals surface area contributed by atoms with E-state index in [1.807, 2.05) is 29.2 Å². The molecule has 3 rings (SSSR count). The van der Waals surface area contributed by atoms with Crippen LogP contribution in [0, 0.1) is 0 Å². The fraction of sp³-hybridized carbons (Fsp3) is 0.391. The van der Waals surface area contributed by atoms with Crippen molar-refractivity contribution in [3.8, 4) is 5.75 Å². The summed E-state index contributed by atoms with van der Waals surface area (Å²) in [4.78, 5) is 27.2. The maximum absolute atomic E-state index is 12.7. The van der Waals surface area contributed by atoms with Crippen molar-refractivity contribution in [3.63, 3.8) is 0 Å². The number of para-hydroxylation sites is 1. The van der Waals surface area contributed by atoms with Crippen molar-refractivity contribution >= 4 is 21.8 Å². The van der Waals surface area contributed by atoms with Crippen LogP contribution in [0.15, 0.2) is 53.4 Å². The van der Waals surface area contributed by atoms with Crippen LogP contribution in [0.3, 0.4) is 0 Å². The molecule has 0 bridgehead atoms. The van der Waals surface area contributed by atoms with Crippen molar-refractivity contribution in [1.82, 2.24) is 14.5 Å². The number of methoxy groups -OCH3 is 1. The number of benzene rings is 2. The molecule has 0 unspecified atom stereocenters. The van der Waals surface area contributed by atoms with Gasteiger partial charge in [0.1, 0.15) is 5.75 Å². The van der Waals surface area contributed by atoms with E-state index in [0.29, 0.717) is 37.2 Å². The first-order valence-corrected chi connectivity index (χ1v) is 11.9. The third-order valence-corrected chi connectivity index (χ3v) is 7.44. The van der Waals surface area contributed by atoms with Gasteiger partial charge in [0.2, 0.25) is 15.9 Å². The van der Waals surface area contributed by atoms with Gasteiger partial charge in [-0.1, -0.05) is 18.2 Å². The Kier molecular flexibility index (Phi) is 7.52. The van der Waals surface area contributed by atoms with Crippen molar-refractivity contribution < 1.29 is 22.7 Å². The molecule has 1 fully saturated rings. The van der Waals surface area contributed by atoms with E-state index in [1.54, 1.807) is 7.11 Å². The highest BCUT2D eigenvalue weighted by Gasteiger charge is 2.25. The van der Waals surface area contributed by atoms with Crippen molar-refractivity contribution in [2.75, 3.05) is 34.3 Å². The Hall–Kier alpha value is -2.91. The lowest BCUT2D eigenvalue weighted by atomic mass is 10.0. The van der Waals surface area contributed by atoms with Crippen molar-refractivity contribution in [1.29, 1.82) is 0 Å². The number of carbonyl (C=O) groups excluding carboxylic acids is 2. The van der Waals surface area contributed by atoms with Crippen LogP contribution < -0.4 is 10.1 Å². The number of nitrogens with zero attached hydrogens (tertiary/aromatic N) is 2. The number of sulfonamides is 1. The Morgan fingerprint density at radius 2 is 1.69 bits per heavy atom. The van der Waals surface area contributed by atoms with Crippen LogP contribution in [0.2, 0.25) is 0 Å². The summed E-state index contributed by atoms with van der Waals surface area (Å²) in [7, 11) is 0.981. The van der Waals surface area contributed by atoms with Gasteiger partial charge in [-0.3, -0.25) is 9.59 Å². The summed E-state index contributed by atoms with van der Waals surface area (Å²) >= 11 is 0. The van der Waals surface area contributed by atoms with Crippen LogP contribution >= 0.6 is 0 Å². The Balaban J connectivity index is 1.52. The molecular formula is C23H29N3O5S. The van der Waals surface area contributed by atoms with Crippen molar-refractivity contribution in [2.45, 2.75) is 30.2 Å². The number of amides is 2. The first-order chi connectivity index (χ1) is 15.2. The van der Waals surface area contributed by atoms with E-state index in [1.165, 1.54) is 38.4 Å². The predicted molar refractivity (Wildman–Crippen MR) is 121 cm³/mol. The second-order valence-electron chi connectivity index (χ2n) is 7.93. The van der Waals surface area contributed by atoms with E-state index >= 15 is 0 Å². The second kappa shape index (κ2) is 10.1. The van der Waals surface area contributed by atoms with Crippen molar-refractivity contribution in [2.24, 2.45) is 0 Å². The molecule has 0 aromatic heterocycles. The van der Waals surface area contributed by atoms with E-state index in [2.05, 4.69) is 5.32 Å². The molecule has 0 spiro atoms. The molecule has 1 N–H and O–H groups in total. The summed E-state index contributed by atoms with van der Waals surface area (Å²) in [6.45, 7) is 1.14. The lowest BCUT2D eigenvalue weighted by molar-refractivity contribution is -0.131. The van der Waals surface area contributed by atoms with Crippen LogP contribution in [0.4, 0.5) is 0 Å². The molecule has 1 aliphatic heterocycles. The first kappa shape index (κ1) is 23.7.